The molecule has 0 spiro atoms. The van der Waals surface area contributed by atoms with Crippen LogP contribution in [0.25, 0.3) is 11.0 Å². The zero-order chi connectivity index (χ0) is 17.3. The lowest BCUT2D eigenvalue weighted by Crippen LogP contribution is -2.46. The Balaban J connectivity index is 1.94. The van der Waals surface area contributed by atoms with Crippen molar-refractivity contribution in [2.45, 2.75) is 25.7 Å². The highest BCUT2D eigenvalue weighted by Crippen LogP contribution is 2.30. The molecule has 126 valence electrons. The summed E-state index contributed by atoms with van der Waals surface area (Å²) >= 11 is 0. The number of nitrogens with two attached hydrogens (primary N) is 1. The number of carbonyl (C=O) groups excluding carboxylic acids is 2. The number of H-pyrrole nitrogens is 1. The Kier molecular flexibility index (Phi) is 4.30. The summed E-state index contributed by atoms with van der Waals surface area (Å²) in [7, 11) is 0. The second kappa shape index (κ2) is 6.40. The summed E-state index contributed by atoms with van der Waals surface area (Å²) in [6.45, 7) is 6.70. The average Bonchev–Trinajstić information content (AvgIpc) is 2.94. The molecule has 1 aliphatic heterocycles. The third kappa shape index (κ3) is 3.00. The number of piperidine rings is 1. The van der Waals surface area contributed by atoms with Crippen molar-refractivity contribution >= 4 is 22.8 Å². The zero-order valence-corrected chi connectivity index (χ0v) is 13.5. The molecule has 0 radical (unpaired) electrons. The Bertz CT molecular complexity index is 812. The summed E-state index contributed by atoms with van der Waals surface area (Å²) in [6.07, 6.45) is 4.61. The van der Waals surface area contributed by atoms with Crippen LogP contribution in [0.1, 0.15) is 40.6 Å². The number of nitrogens with one attached hydrogen (secondary N) is 2. The fraction of sp³-hybridized carbons (Fsp3) is 0.375. The molecule has 2 aromatic rings. The number of aromatic amines is 1. The van der Waals surface area contributed by atoms with Gasteiger partial charge in [-0.15, -0.1) is 0 Å². The number of pyridine rings is 1. The number of rotatable bonds is 4. The van der Waals surface area contributed by atoms with Crippen LogP contribution in [0.4, 0.5) is 0 Å². The van der Waals surface area contributed by atoms with Gasteiger partial charge in [0.15, 0.2) is 0 Å². The molecular weight excluding hydrogens is 308 g/mol. The first kappa shape index (κ1) is 16.1. The van der Waals surface area contributed by atoms with Gasteiger partial charge in [-0.2, -0.15) is 0 Å². The second-order valence-electron chi connectivity index (χ2n) is 5.93. The van der Waals surface area contributed by atoms with Crippen LogP contribution in [0.15, 0.2) is 18.9 Å². The molecule has 2 amide bonds. The van der Waals surface area contributed by atoms with Crippen molar-refractivity contribution in [1.82, 2.24) is 25.4 Å². The minimum absolute atomic E-state index is 0.119. The molecule has 1 aliphatic rings. The van der Waals surface area contributed by atoms with Crippen molar-refractivity contribution in [3.05, 3.63) is 35.9 Å². The molecule has 8 nitrogen and oxygen atoms in total. The lowest BCUT2D eigenvalue weighted by atomic mass is 9.94. The van der Waals surface area contributed by atoms with E-state index in [2.05, 4.69) is 27.0 Å². The molecule has 0 bridgehead atoms. The van der Waals surface area contributed by atoms with Gasteiger partial charge in [-0.1, -0.05) is 6.58 Å². The summed E-state index contributed by atoms with van der Waals surface area (Å²) in [5.41, 5.74) is 10.7. The Morgan fingerprint density at radius 1 is 1.54 bits per heavy atom. The number of nitrogens with zero attached hydrogens (tertiary/aromatic N) is 3. The first-order chi connectivity index (χ1) is 11.5. The van der Waals surface area contributed by atoms with Crippen molar-refractivity contribution in [2.24, 2.45) is 5.73 Å². The van der Waals surface area contributed by atoms with Crippen molar-refractivity contribution in [3.63, 3.8) is 0 Å². The van der Waals surface area contributed by atoms with E-state index in [9.17, 15) is 9.59 Å². The lowest BCUT2D eigenvalue weighted by Gasteiger charge is -2.32. The molecule has 3 rings (SSSR count). The van der Waals surface area contributed by atoms with Crippen LogP contribution in [0, 0.1) is 6.92 Å². The molecule has 1 fully saturated rings. The van der Waals surface area contributed by atoms with E-state index in [4.69, 9.17) is 5.73 Å². The van der Waals surface area contributed by atoms with Crippen molar-refractivity contribution < 1.29 is 9.59 Å². The van der Waals surface area contributed by atoms with Crippen molar-refractivity contribution in [3.8, 4) is 0 Å². The van der Waals surface area contributed by atoms with E-state index >= 15 is 0 Å². The third-order valence-corrected chi connectivity index (χ3v) is 4.19. The van der Waals surface area contributed by atoms with E-state index in [0.717, 1.165) is 30.6 Å². The Morgan fingerprint density at radius 2 is 2.33 bits per heavy atom. The van der Waals surface area contributed by atoms with Crippen molar-refractivity contribution in [2.75, 3.05) is 13.1 Å². The normalized spacial score (nSPS) is 18.5. The fourth-order valence-corrected chi connectivity index (χ4v) is 3.12. The smallest absolute Gasteiger partial charge is 0.257 e. The minimum atomic E-state index is -0.547. The first-order valence-electron chi connectivity index (χ1n) is 7.82. The van der Waals surface area contributed by atoms with Gasteiger partial charge in [0.05, 0.1) is 16.8 Å². The molecule has 0 aromatic carbocycles. The number of hydrogen-bond donors (Lipinski definition) is 3. The molecule has 8 heteroatoms. The Hall–Kier alpha value is -2.74. The monoisotopic (exact) mass is 328 g/mol. The summed E-state index contributed by atoms with van der Waals surface area (Å²) in [5, 5.41) is 1.87. The van der Waals surface area contributed by atoms with E-state index in [1.807, 2.05) is 11.9 Å². The quantitative estimate of drug-likeness (QED) is 0.716. The number of hydrogen-bond acceptors (Lipinski definition) is 5. The maximum Gasteiger partial charge on any atom is 0.257 e. The standard InChI is InChI=1S/C16H20N6O2/c1-3-12(23)21-22-6-4-5-10(8-22)13-15-14(19-9(2)20-15)11(7-18-13)16(17)24/h3,7,10H,1,4-6,8H2,2H3,(H2,17,24)(H,19,20)(H,21,23). The summed E-state index contributed by atoms with van der Waals surface area (Å²) in [5.74, 6) is 0.0480. The molecule has 1 saturated heterocycles. The molecular formula is C16H20N6O2. The van der Waals surface area contributed by atoms with Crippen LogP contribution >= 0.6 is 0 Å². The van der Waals surface area contributed by atoms with E-state index in [1.165, 1.54) is 12.3 Å². The number of hydrazine groups is 1. The third-order valence-electron chi connectivity index (χ3n) is 4.19. The van der Waals surface area contributed by atoms with E-state index in [-0.39, 0.29) is 11.8 Å². The highest BCUT2D eigenvalue weighted by atomic mass is 16.2. The van der Waals surface area contributed by atoms with Crippen LogP contribution in [0.5, 0.6) is 0 Å². The lowest BCUT2D eigenvalue weighted by molar-refractivity contribution is -0.121. The maximum absolute atomic E-state index is 11.6. The summed E-state index contributed by atoms with van der Waals surface area (Å²) in [4.78, 5) is 35.1. The molecule has 4 N–H and O–H groups in total. The Labute approximate surface area is 139 Å². The second-order valence-corrected chi connectivity index (χ2v) is 5.93. The van der Waals surface area contributed by atoms with E-state index in [1.54, 1.807) is 0 Å². The number of aryl methyl sites for hydroxylation is 1. The molecule has 1 atom stereocenters. The average molecular weight is 328 g/mol. The highest BCUT2D eigenvalue weighted by molar-refractivity contribution is 6.04. The molecule has 2 aromatic heterocycles. The van der Waals surface area contributed by atoms with Crippen LogP contribution in [0.2, 0.25) is 0 Å². The summed E-state index contributed by atoms with van der Waals surface area (Å²) < 4.78 is 0. The van der Waals surface area contributed by atoms with Gasteiger partial charge in [-0.25, -0.2) is 9.99 Å². The fourth-order valence-electron chi connectivity index (χ4n) is 3.12. The van der Waals surface area contributed by atoms with E-state index < -0.39 is 5.91 Å². The van der Waals surface area contributed by atoms with Gasteiger partial charge in [0, 0.05) is 25.2 Å². The Morgan fingerprint density at radius 3 is 3.04 bits per heavy atom. The van der Waals surface area contributed by atoms with Gasteiger partial charge in [-0.3, -0.25) is 20.0 Å². The largest absolute Gasteiger partial charge is 0.365 e. The molecule has 3 heterocycles. The number of amides is 2. The van der Waals surface area contributed by atoms with Crippen LogP contribution in [-0.4, -0.2) is 44.9 Å². The van der Waals surface area contributed by atoms with Gasteiger partial charge < -0.3 is 10.7 Å². The van der Waals surface area contributed by atoms with Crippen LogP contribution in [-0.2, 0) is 4.79 Å². The number of fused-ring (bicyclic) bond motifs is 1. The van der Waals surface area contributed by atoms with Gasteiger partial charge in [0.2, 0.25) is 0 Å². The minimum Gasteiger partial charge on any atom is -0.365 e. The van der Waals surface area contributed by atoms with Crippen LogP contribution < -0.4 is 11.2 Å². The molecule has 1 unspecified atom stereocenters. The van der Waals surface area contributed by atoms with Gasteiger partial charge in [0.25, 0.3) is 11.8 Å². The zero-order valence-electron chi connectivity index (χ0n) is 13.5. The SMILES string of the molecule is C=CC(=O)NN1CCCC(c2ncc(C(N)=O)c3nc(C)[nH]c23)C1. The predicted octanol–water partition coefficient (Wildman–Crippen LogP) is 0.762. The van der Waals surface area contributed by atoms with Gasteiger partial charge in [0.1, 0.15) is 11.3 Å². The molecule has 0 aliphatic carbocycles. The van der Waals surface area contributed by atoms with Crippen LogP contribution in [0.3, 0.4) is 0 Å². The number of aromatic nitrogens is 3. The number of imidazole rings is 1. The summed E-state index contributed by atoms with van der Waals surface area (Å²) in [6, 6.07) is 0. The van der Waals surface area contributed by atoms with Gasteiger partial charge in [-0.05, 0) is 25.8 Å². The number of carbonyl (C=O) groups is 2. The number of primary amides is 1. The van der Waals surface area contributed by atoms with Gasteiger partial charge >= 0.3 is 0 Å². The van der Waals surface area contributed by atoms with Crippen molar-refractivity contribution in [1.29, 1.82) is 0 Å². The molecule has 24 heavy (non-hydrogen) atoms. The molecule has 0 saturated carbocycles. The predicted molar refractivity (Wildman–Crippen MR) is 89.0 cm³/mol. The first-order valence-corrected chi connectivity index (χ1v) is 7.82. The maximum atomic E-state index is 11.6. The topological polar surface area (TPSA) is 117 Å². The van der Waals surface area contributed by atoms with E-state index in [0.29, 0.717) is 23.4 Å². The highest BCUT2D eigenvalue weighted by Gasteiger charge is 2.26.